The minimum atomic E-state index is -3.66. The van der Waals surface area contributed by atoms with E-state index in [1.165, 1.54) is 12.1 Å². The number of sulfone groups is 1. The Morgan fingerprint density at radius 1 is 1.09 bits per heavy atom. The summed E-state index contributed by atoms with van der Waals surface area (Å²) in [6.45, 7) is 0. The standard InChI is InChI=1S/C15H12Br2FNO3S/c16-11-3-1-2-10(6-11)8-23(21,22)9-15(20)19-14-5-4-12(17)7-13(14)18/h1-7H,8-9H2,(H,19,20). The minimum absolute atomic E-state index is 0.0594. The van der Waals surface area contributed by atoms with Crippen LogP contribution in [0.25, 0.3) is 0 Å². The summed E-state index contributed by atoms with van der Waals surface area (Å²) in [6.07, 6.45) is 0. The molecule has 8 heteroatoms. The summed E-state index contributed by atoms with van der Waals surface area (Å²) in [6, 6.07) is 10.9. The van der Waals surface area contributed by atoms with Gasteiger partial charge in [0.25, 0.3) is 0 Å². The second-order valence-electron chi connectivity index (χ2n) is 4.83. The molecule has 0 aliphatic heterocycles. The molecule has 0 aliphatic carbocycles. The van der Waals surface area contributed by atoms with Crippen LogP contribution in [0.2, 0.25) is 0 Å². The Balaban J connectivity index is 2.03. The molecule has 0 aromatic heterocycles. The quantitative estimate of drug-likeness (QED) is 0.729. The smallest absolute Gasteiger partial charge is 0.239 e. The van der Waals surface area contributed by atoms with Crippen molar-refractivity contribution in [1.82, 2.24) is 0 Å². The maximum atomic E-state index is 13.6. The Kier molecular flexibility index (Phi) is 5.94. The number of hydrogen-bond acceptors (Lipinski definition) is 3. The van der Waals surface area contributed by atoms with E-state index >= 15 is 0 Å². The SMILES string of the molecule is O=C(CS(=O)(=O)Cc1cccc(Br)c1)Nc1ccc(Br)cc1F. The first kappa shape index (κ1) is 18.1. The summed E-state index contributed by atoms with van der Waals surface area (Å²) in [5, 5.41) is 2.27. The second-order valence-corrected chi connectivity index (χ2v) is 8.73. The van der Waals surface area contributed by atoms with E-state index in [0.717, 1.165) is 4.47 Å². The third-order valence-electron chi connectivity index (χ3n) is 2.83. The molecule has 1 N–H and O–H groups in total. The summed E-state index contributed by atoms with van der Waals surface area (Å²) in [7, 11) is -3.66. The molecule has 4 nitrogen and oxygen atoms in total. The molecule has 0 fully saturated rings. The molecule has 0 atom stereocenters. The number of halogens is 3. The first-order valence-corrected chi connectivity index (χ1v) is 9.86. The van der Waals surface area contributed by atoms with E-state index < -0.39 is 27.3 Å². The van der Waals surface area contributed by atoms with Gasteiger partial charge in [-0.25, -0.2) is 12.8 Å². The summed E-state index contributed by atoms with van der Waals surface area (Å²) in [4.78, 5) is 11.8. The van der Waals surface area contributed by atoms with Crippen molar-refractivity contribution in [3.63, 3.8) is 0 Å². The lowest BCUT2D eigenvalue weighted by Crippen LogP contribution is -2.24. The molecular weight excluding hydrogens is 453 g/mol. The van der Waals surface area contributed by atoms with Crippen molar-refractivity contribution in [2.45, 2.75) is 5.75 Å². The lowest BCUT2D eigenvalue weighted by Gasteiger charge is -2.08. The monoisotopic (exact) mass is 463 g/mol. The van der Waals surface area contributed by atoms with Crippen molar-refractivity contribution in [2.75, 3.05) is 11.1 Å². The van der Waals surface area contributed by atoms with Gasteiger partial charge in [0.15, 0.2) is 9.84 Å². The first-order chi connectivity index (χ1) is 10.7. The maximum absolute atomic E-state index is 13.6. The van der Waals surface area contributed by atoms with Gasteiger partial charge in [-0.1, -0.05) is 44.0 Å². The van der Waals surface area contributed by atoms with Gasteiger partial charge >= 0.3 is 0 Å². The van der Waals surface area contributed by atoms with Crippen LogP contribution in [0.1, 0.15) is 5.56 Å². The van der Waals surface area contributed by atoms with Crippen molar-refractivity contribution in [2.24, 2.45) is 0 Å². The van der Waals surface area contributed by atoms with E-state index in [4.69, 9.17) is 0 Å². The molecule has 0 unspecified atom stereocenters. The Morgan fingerprint density at radius 2 is 1.78 bits per heavy atom. The molecular formula is C15H12Br2FNO3S. The van der Waals surface area contributed by atoms with Crippen LogP contribution in [0.4, 0.5) is 10.1 Å². The second kappa shape index (κ2) is 7.55. The maximum Gasteiger partial charge on any atom is 0.239 e. The molecule has 2 aromatic carbocycles. The number of carbonyl (C=O) groups is 1. The highest BCUT2D eigenvalue weighted by Crippen LogP contribution is 2.19. The van der Waals surface area contributed by atoms with Gasteiger partial charge in [0.05, 0.1) is 11.4 Å². The number of rotatable bonds is 5. The Labute approximate surface area is 150 Å². The average Bonchev–Trinajstić information content (AvgIpc) is 2.40. The lowest BCUT2D eigenvalue weighted by atomic mass is 10.2. The van der Waals surface area contributed by atoms with Crippen LogP contribution in [0.15, 0.2) is 51.4 Å². The van der Waals surface area contributed by atoms with E-state index in [2.05, 4.69) is 37.2 Å². The fourth-order valence-corrected chi connectivity index (χ4v) is 3.95. The number of hydrogen-bond donors (Lipinski definition) is 1. The summed E-state index contributed by atoms with van der Waals surface area (Å²) >= 11 is 6.36. The zero-order valence-corrected chi connectivity index (χ0v) is 15.7. The molecule has 0 saturated carbocycles. The van der Waals surface area contributed by atoms with Gasteiger partial charge in [-0.2, -0.15) is 0 Å². The van der Waals surface area contributed by atoms with Gasteiger partial charge in [0.2, 0.25) is 5.91 Å². The fourth-order valence-electron chi connectivity index (χ4n) is 1.91. The fraction of sp³-hybridized carbons (Fsp3) is 0.133. The molecule has 0 heterocycles. The number of anilines is 1. The van der Waals surface area contributed by atoms with Crippen LogP contribution in [-0.2, 0) is 20.4 Å². The third kappa shape index (κ3) is 5.71. The Morgan fingerprint density at radius 3 is 2.43 bits per heavy atom. The molecule has 23 heavy (non-hydrogen) atoms. The molecule has 0 aliphatic rings. The molecule has 2 rings (SSSR count). The zero-order valence-electron chi connectivity index (χ0n) is 11.7. The number of carbonyl (C=O) groups excluding carboxylic acids is 1. The molecule has 2 aromatic rings. The third-order valence-corrected chi connectivity index (χ3v) is 5.29. The predicted molar refractivity (Wildman–Crippen MR) is 94.4 cm³/mol. The highest BCUT2D eigenvalue weighted by atomic mass is 79.9. The molecule has 0 spiro atoms. The summed E-state index contributed by atoms with van der Waals surface area (Å²) in [5.41, 5.74) is 0.512. The topological polar surface area (TPSA) is 63.2 Å². The normalized spacial score (nSPS) is 11.3. The van der Waals surface area contributed by atoms with Crippen molar-refractivity contribution >= 4 is 53.3 Å². The molecule has 0 saturated heterocycles. The lowest BCUT2D eigenvalue weighted by molar-refractivity contribution is -0.113. The number of benzene rings is 2. The van der Waals surface area contributed by atoms with Crippen molar-refractivity contribution in [3.05, 3.63) is 62.8 Å². The minimum Gasteiger partial charge on any atom is -0.323 e. The van der Waals surface area contributed by atoms with E-state index in [1.807, 2.05) is 0 Å². The van der Waals surface area contributed by atoms with Crippen molar-refractivity contribution < 1.29 is 17.6 Å². The highest BCUT2D eigenvalue weighted by Gasteiger charge is 2.18. The van der Waals surface area contributed by atoms with E-state index in [1.54, 1.807) is 30.3 Å². The van der Waals surface area contributed by atoms with Gasteiger partial charge in [-0.15, -0.1) is 0 Å². The average molecular weight is 465 g/mol. The van der Waals surface area contributed by atoms with Crippen LogP contribution in [0, 0.1) is 5.82 Å². The number of amides is 1. The van der Waals surface area contributed by atoms with Crippen LogP contribution < -0.4 is 5.32 Å². The summed E-state index contributed by atoms with van der Waals surface area (Å²) < 4.78 is 39.1. The molecule has 0 radical (unpaired) electrons. The van der Waals surface area contributed by atoms with Gasteiger partial charge in [0, 0.05) is 8.95 Å². The van der Waals surface area contributed by atoms with Crippen molar-refractivity contribution in [3.8, 4) is 0 Å². The van der Waals surface area contributed by atoms with E-state index in [9.17, 15) is 17.6 Å². The van der Waals surface area contributed by atoms with Gasteiger partial charge < -0.3 is 5.32 Å². The largest absolute Gasteiger partial charge is 0.323 e. The van der Waals surface area contributed by atoms with Gasteiger partial charge in [-0.05, 0) is 35.9 Å². The Bertz CT molecular complexity index is 840. The van der Waals surface area contributed by atoms with Gasteiger partial charge in [-0.3, -0.25) is 4.79 Å². The zero-order chi connectivity index (χ0) is 17.0. The molecule has 122 valence electrons. The Hall–Kier alpha value is -1.25. The van der Waals surface area contributed by atoms with Crippen LogP contribution in [-0.4, -0.2) is 20.1 Å². The van der Waals surface area contributed by atoms with Crippen molar-refractivity contribution in [1.29, 1.82) is 0 Å². The van der Waals surface area contributed by atoms with Crippen LogP contribution >= 0.6 is 31.9 Å². The van der Waals surface area contributed by atoms with Gasteiger partial charge in [0.1, 0.15) is 11.6 Å². The van der Waals surface area contributed by atoms with Crippen LogP contribution in [0.5, 0.6) is 0 Å². The number of nitrogens with one attached hydrogen (secondary N) is 1. The summed E-state index contributed by atoms with van der Waals surface area (Å²) in [5.74, 6) is -2.39. The molecule has 1 amide bonds. The molecule has 0 bridgehead atoms. The van der Waals surface area contributed by atoms with E-state index in [-0.39, 0.29) is 11.4 Å². The highest BCUT2D eigenvalue weighted by molar-refractivity contribution is 9.10. The van der Waals surface area contributed by atoms with E-state index in [0.29, 0.717) is 10.0 Å². The van der Waals surface area contributed by atoms with Crippen LogP contribution in [0.3, 0.4) is 0 Å². The predicted octanol–water partition coefficient (Wildman–Crippen LogP) is 3.90. The first-order valence-electron chi connectivity index (χ1n) is 6.45.